The number of halogens is 1. The van der Waals surface area contributed by atoms with Crippen LogP contribution in [0.15, 0.2) is 16.6 Å². The summed E-state index contributed by atoms with van der Waals surface area (Å²) in [7, 11) is 0. The van der Waals surface area contributed by atoms with E-state index in [2.05, 4.69) is 34.2 Å². The number of hydrogen-bond acceptors (Lipinski definition) is 2. The van der Waals surface area contributed by atoms with E-state index in [-0.39, 0.29) is 0 Å². The minimum atomic E-state index is 0.316. The van der Waals surface area contributed by atoms with Gasteiger partial charge in [-0.1, -0.05) is 12.5 Å². The van der Waals surface area contributed by atoms with Gasteiger partial charge in [-0.05, 0) is 53.9 Å². The summed E-state index contributed by atoms with van der Waals surface area (Å²) in [5.41, 5.74) is 2.22. The van der Waals surface area contributed by atoms with Crippen molar-refractivity contribution in [3.05, 3.63) is 27.7 Å². The molecule has 15 heavy (non-hydrogen) atoms. The van der Waals surface area contributed by atoms with E-state index in [0.29, 0.717) is 11.8 Å². The van der Waals surface area contributed by atoms with Crippen LogP contribution in [0.4, 0.5) is 0 Å². The third kappa shape index (κ3) is 2.18. The van der Waals surface area contributed by atoms with Crippen molar-refractivity contribution in [1.82, 2.24) is 5.32 Å². The van der Waals surface area contributed by atoms with Gasteiger partial charge in [0.2, 0.25) is 0 Å². The van der Waals surface area contributed by atoms with E-state index in [1.54, 1.807) is 0 Å². The van der Waals surface area contributed by atoms with Crippen LogP contribution in [0.3, 0.4) is 0 Å². The number of rotatable bonds is 1. The first-order valence-electron chi connectivity index (χ1n) is 5.41. The molecule has 1 unspecified atom stereocenters. The van der Waals surface area contributed by atoms with Crippen molar-refractivity contribution in [3.8, 4) is 5.75 Å². The topological polar surface area (TPSA) is 32.3 Å². The van der Waals surface area contributed by atoms with Gasteiger partial charge in [-0.3, -0.25) is 0 Å². The third-order valence-electron chi connectivity index (χ3n) is 3.04. The molecule has 1 heterocycles. The Bertz CT molecular complexity index is 359. The minimum Gasteiger partial charge on any atom is -0.506 e. The lowest BCUT2D eigenvalue weighted by atomic mass is 9.93. The van der Waals surface area contributed by atoms with E-state index in [4.69, 9.17) is 0 Å². The number of hydrogen-bond donors (Lipinski definition) is 2. The standard InChI is InChI=1S/C12H16BrNO/c1-8-5-6-9(13)12(15)11(8)10-4-2-3-7-14-10/h5-6,10,14-15H,2-4,7H2,1H3. The Morgan fingerprint density at radius 2 is 2.20 bits per heavy atom. The van der Waals surface area contributed by atoms with Gasteiger partial charge in [0.1, 0.15) is 5.75 Å². The van der Waals surface area contributed by atoms with Crippen molar-refractivity contribution < 1.29 is 5.11 Å². The molecular weight excluding hydrogens is 254 g/mol. The number of phenols is 1. The number of phenolic OH excluding ortho intramolecular Hbond substituents is 1. The van der Waals surface area contributed by atoms with Crippen LogP contribution >= 0.6 is 15.9 Å². The maximum atomic E-state index is 10.0. The van der Waals surface area contributed by atoms with Crippen molar-refractivity contribution in [3.63, 3.8) is 0 Å². The second-order valence-electron chi connectivity index (χ2n) is 4.13. The number of benzene rings is 1. The number of nitrogens with one attached hydrogen (secondary N) is 1. The van der Waals surface area contributed by atoms with E-state index >= 15 is 0 Å². The number of piperidine rings is 1. The average Bonchev–Trinajstić information content (AvgIpc) is 2.26. The average molecular weight is 270 g/mol. The summed E-state index contributed by atoms with van der Waals surface area (Å²) < 4.78 is 0.787. The second kappa shape index (κ2) is 4.54. The molecule has 2 nitrogen and oxygen atoms in total. The fourth-order valence-corrected chi connectivity index (χ4v) is 2.57. The zero-order valence-corrected chi connectivity index (χ0v) is 10.5. The first kappa shape index (κ1) is 11.0. The molecular formula is C12H16BrNO. The van der Waals surface area contributed by atoms with Crippen LogP contribution in [0.1, 0.15) is 36.4 Å². The van der Waals surface area contributed by atoms with Crippen LogP contribution in [0, 0.1) is 6.92 Å². The van der Waals surface area contributed by atoms with Gasteiger partial charge in [-0.15, -0.1) is 0 Å². The van der Waals surface area contributed by atoms with Crippen LogP contribution in [0.25, 0.3) is 0 Å². The quantitative estimate of drug-likeness (QED) is 0.820. The molecule has 1 saturated heterocycles. The monoisotopic (exact) mass is 269 g/mol. The zero-order chi connectivity index (χ0) is 10.8. The van der Waals surface area contributed by atoms with Crippen LogP contribution in [0.5, 0.6) is 5.75 Å². The molecule has 0 spiro atoms. The Kier molecular flexibility index (Phi) is 3.32. The Morgan fingerprint density at radius 1 is 1.40 bits per heavy atom. The first-order valence-corrected chi connectivity index (χ1v) is 6.21. The summed E-state index contributed by atoms with van der Waals surface area (Å²) in [5, 5.41) is 13.5. The molecule has 0 aromatic heterocycles. The van der Waals surface area contributed by atoms with Crippen molar-refractivity contribution >= 4 is 15.9 Å². The fraction of sp³-hybridized carbons (Fsp3) is 0.500. The summed E-state index contributed by atoms with van der Waals surface area (Å²) in [6, 6.07) is 4.27. The Labute approximate surface area is 98.8 Å². The highest BCUT2D eigenvalue weighted by Gasteiger charge is 2.20. The molecule has 1 aromatic carbocycles. The second-order valence-corrected chi connectivity index (χ2v) is 4.98. The molecule has 0 bridgehead atoms. The predicted octanol–water partition coefficient (Wildman–Crippen LogP) is 3.28. The van der Waals surface area contributed by atoms with Crippen molar-refractivity contribution in [1.29, 1.82) is 0 Å². The SMILES string of the molecule is Cc1ccc(Br)c(O)c1C1CCCCN1. The molecule has 2 N–H and O–H groups in total. The molecule has 1 fully saturated rings. The van der Waals surface area contributed by atoms with E-state index < -0.39 is 0 Å². The summed E-state index contributed by atoms with van der Waals surface area (Å²) >= 11 is 3.37. The molecule has 1 aliphatic rings. The van der Waals surface area contributed by atoms with Gasteiger partial charge in [-0.2, -0.15) is 0 Å². The number of aromatic hydroxyl groups is 1. The summed E-state index contributed by atoms with van der Waals surface area (Å²) in [5.74, 6) is 0.398. The third-order valence-corrected chi connectivity index (χ3v) is 3.68. The highest BCUT2D eigenvalue weighted by atomic mass is 79.9. The lowest BCUT2D eigenvalue weighted by Gasteiger charge is -2.26. The molecule has 0 amide bonds. The highest BCUT2D eigenvalue weighted by molar-refractivity contribution is 9.10. The molecule has 0 saturated carbocycles. The zero-order valence-electron chi connectivity index (χ0n) is 8.89. The molecule has 0 aliphatic carbocycles. The van der Waals surface area contributed by atoms with Crippen LogP contribution < -0.4 is 5.32 Å². The van der Waals surface area contributed by atoms with Gasteiger partial charge >= 0.3 is 0 Å². The summed E-state index contributed by atoms with van der Waals surface area (Å²) in [6.45, 7) is 3.10. The van der Waals surface area contributed by atoms with Gasteiger partial charge in [-0.25, -0.2) is 0 Å². The van der Waals surface area contributed by atoms with Gasteiger partial charge in [0.15, 0.2) is 0 Å². The maximum absolute atomic E-state index is 10.0. The normalized spacial score (nSPS) is 21.6. The number of aryl methyl sites for hydroxylation is 1. The smallest absolute Gasteiger partial charge is 0.134 e. The largest absolute Gasteiger partial charge is 0.506 e. The van der Waals surface area contributed by atoms with E-state index in [9.17, 15) is 5.11 Å². The van der Waals surface area contributed by atoms with Gasteiger partial charge in [0.25, 0.3) is 0 Å². The Balaban J connectivity index is 2.36. The molecule has 82 valence electrons. The van der Waals surface area contributed by atoms with Crippen molar-refractivity contribution in [2.24, 2.45) is 0 Å². The molecule has 1 aromatic rings. The Morgan fingerprint density at radius 3 is 2.87 bits per heavy atom. The van der Waals surface area contributed by atoms with E-state index in [1.807, 2.05) is 6.07 Å². The molecule has 1 atom stereocenters. The predicted molar refractivity (Wildman–Crippen MR) is 65.1 cm³/mol. The maximum Gasteiger partial charge on any atom is 0.134 e. The Hall–Kier alpha value is -0.540. The van der Waals surface area contributed by atoms with Gasteiger partial charge in [0.05, 0.1) is 4.47 Å². The fourth-order valence-electron chi connectivity index (χ4n) is 2.22. The molecule has 3 heteroatoms. The summed E-state index contributed by atoms with van der Waals surface area (Å²) in [6.07, 6.45) is 3.60. The highest BCUT2D eigenvalue weighted by Crippen LogP contribution is 2.37. The minimum absolute atomic E-state index is 0.316. The van der Waals surface area contributed by atoms with Crippen LogP contribution in [-0.4, -0.2) is 11.7 Å². The van der Waals surface area contributed by atoms with Crippen molar-refractivity contribution in [2.45, 2.75) is 32.2 Å². The van der Waals surface area contributed by atoms with Gasteiger partial charge < -0.3 is 10.4 Å². The van der Waals surface area contributed by atoms with E-state index in [0.717, 1.165) is 28.6 Å². The van der Waals surface area contributed by atoms with Crippen LogP contribution in [-0.2, 0) is 0 Å². The summed E-state index contributed by atoms with van der Waals surface area (Å²) in [4.78, 5) is 0. The first-order chi connectivity index (χ1) is 7.20. The van der Waals surface area contributed by atoms with Gasteiger partial charge in [0, 0.05) is 11.6 Å². The molecule has 0 radical (unpaired) electrons. The lowest BCUT2D eigenvalue weighted by Crippen LogP contribution is -2.27. The molecule has 2 rings (SSSR count). The molecule has 1 aliphatic heterocycles. The van der Waals surface area contributed by atoms with E-state index in [1.165, 1.54) is 12.8 Å². The lowest BCUT2D eigenvalue weighted by molar-refractivity contribution is 0.388. The van der Waals surface area contributed by atoms with Crippen LogP contribution in [0.2, 0.25) is 0 Å². The van der Waals surface area contributed by atoms with Crippen molar-refractivity contribution in [2.75, 3.05) is 6.54 Å².